The van der Waals surface area contributed by atoms with Crippen LogP contribution in [0.3, 0.4) is 0 Å². The molecule has 2 heterocycles. The summed E-state index contributed by atoms with van der Waals surface area (Å²) in [6.45, 7) is 3.98. The molecule has 154 valence electrons. The van der Waals surface area contributed by atoms with Crippen molar-refractivity contribution in [3.63, 3.8) is 0 Å². The number of hydrogen-bond donors (Lipinski definition) is 0. The number of carbonyl (C=O) groups excluding carboxylic acids is 1. The third-order valence-electron chi connectivity index (χ3n) is 5.09. The molecule has 0 fully saturated rings. The molecule has 1 amide bonds. The number of aromatic nitrogens is 3. The molecule has 0 N–H and O–H groups in total. The van der Waals surface area contributed by atoms with Crippen LogP contribution in [-0.4, -0.2) is 26.4 Å². The molecule has 7 heteroatoms. The summed E-state index contributed by atoms with van der Waals surface area (Å²) in [5, 5.41) is 9.27. The quantitative estimate of drug-likeness (QED) is 0.372. The summed E-state index contributed by atoms with van der Waals surface area (Å²) in [4.78, 5) is 17.4. The molecule has 0 saturated heterocycles. The van der Waals surface area contributed by atoms with Gasteiger partial charge in [-0.3, -0.25) is 14.3 Å². The van der Waals surface area contributed by atoms with Crippen LogP contribution in [-0.2, 0) is 4.79 Å². The topological polar surface area (TPSA) is 51.0 Å². The van der Waals surface area contributed by atoms with Crippen molar-refractivity contribution in [1.82, 2.24) is 14.8 Å². The SMILES string of the molecule is Cc1ccc(-n2c(C)nnc2SCC(=O)N2c3ccccc3Sc3ccccc32)cc1. The molecule has 0 bridgehead atoms. The largest absolute Gasteiger partial charge is 0.278 e. The van der Waals surface area contributed by atoms with Gasteiger partial charge in [0.2, 0.25) is 5.91 Å². The number of rotatable bonds is 4. The Kier molecular flexibility index (Phi) is 5.29. The highest BCUT2D eigenvalue weighted by atomic mass is 32.2. The Morgan fingerprint density at radius 1 is 0.871 bits per heavy atom. The Hall–Kier alpha value is -3.03. The molecule has 1 aliphatic rings. The van der Waals surface area contributed by atoms with E-state index in [1.807, 2.05) is 64.9 Å². The number of thioether (sulfide) groups is 1. The zero-order chi connectivity index (χ0) is 21.4. The van der Waals surface area contributed by atoms with Crippen molar-refractivity contribution >= 4 is 40.8 Å². The highest BCUT2D eigenvalue weighted by Gasteiger charge is 2.28. The van der Waals surface area contributed by atoms with Crippen molar-refractivity contribution in [2.75, 3.05) is 10.7 Å². The van der Waals surface area contributed by atoms with E-state index >= 15 is 0 Å². The Balaban J connectivity index is 1.43. The van der Waals surface area contributed by atoms with Gasteiger partial charge in [-0.15, -0.1) is 10.2 Å². The van der Waals surface area contributed by atoms with Crippen molar-refractivity contribution < 1.29 is 4.79 Å². The Bertz CT molecular complexity index is 1220. The molecule has 31 heavy (non-hydrogen) atoms. The van der Waals surface area contributed by atoms with E-state index in [9.17, 15) is 4.79 Å². The van der Waals surface area contributed by atoms with Crippen molar-refractivity contribution in [2.24, 2.45) is 0 Å². The van der Waals surface area contributed by atoms with Gasteiger partial charge < -0.3 is 0 Å². The molecule has 4 aromatic rings. The zero-order valence-electron chi connectivity index (χ0n) is 17.1. The van der Waals surface area contributed by atoms with Gasteiger partial charge in [-0.1, -0.05) is 65.5 Å². The summed E-state index contributed by atoms with van der Waals surface area (Å²) >= 11 is 3.10. The number of amides is 1. The molecule has 5 rings (SSSR count). The van der Waals surface area contributed by atoms with Gasteiger partial charge in [-0.05, 0) is 50.2 Å². The van der Waals surface area contributed by atoms with Gasteiger partial charge in [0.25, 0.3) is 0 Å². The van der Waals surface area contributed by atoms with Crippen LogP contribution in [0.1, 0.15) is 11.4 Å². The Labute approximate surface area is 189 Å². The van der Waals surface area contributed by atoms with E-state index in [1.165, 1.54) is 17.3 Å². The lowest BCUT2D eigenvalue weighted by atomic mass is 10.2. The van der Waals surface area contributed by atoms with Crippen molar-refractivity contribution in [3.8, 4) is 5.69 Å². The minimum absolute atomic E-state index is 0.0151. The first-order valence-corrected chi connectivity index (χ1v) is 11.7. The molecule has 0 aliphatic carbocycles. The third kappa shape index (κ3) is 3.75. The third-order valence-corrected chi connectivity index (χ3v) is 7.14. The van der Waals surface area contributed by atoms with E-state index in [0.717, 1.165) is 32.7 Å². The van der Waals surface area contributed by atoms with Gasteiger partial charge in [-0.25, -0.2) is 0 Å². The average molecular weight is 445 g/mol. The predicted molar refractivity (Wildman–Crippen MR) is 126 cm³/mol. The summed E-state index contributed by atoms with van der Waals surface area (Å²) in [5.74, 6) is 1.07. The maximum absolute atomic E-state index is 13.4. The van der Waals surface area contributed by atoms with E-state index in [0.29, 0.717) is 5.16 Å². The fraction of sp³-hybridized carbons (Fsp3) is 0.125. The molecule has 1 aromatic heterocycles. The molecular formula is C24H20N4OS2. The number of aryl methyl sites for hydroxylation is 2. The Morgan fingerprint density at radius 3 is 2.13 bits per heavy atom. The maximum Gasteiger partial charge on any atom is 0.242 e. The standard InChI is InChI=1S/C24H20N4OS2/c1-16-11-13-18(14-12-16)27-17(2)25-26-24(27)30-15-23(29)28-19-7-3-5-9-21(19)31-22-10-6-4-8-20(22)28/h3-14H,15H2,1-2H3. The number of carbonyl (C=O) groups is 1. The van der Waals surface area contributed by atoms with Crippen molar-refractivity contribution in [1.29, 1.82) is 0 Å². The van der Waals surface area contributed by atoms with Crippen LogP contribution < -0.4 is 4.90 Å². The van der Waals surface area contributed by atoms with Crippen LogP contribution in [0.5, 0.6) is 0 Å². The fourth-order valence-corrected chi connectivity index (χ4v) is 5.50. The number of hydrogen-bond acceptors (Lipinski definition) is 5. The second kappa shape index (κ2) is 8.24. The normalized spacial score (nSPS) is 12.4. The van der Waals surface area contributed by atoms with E-state index in [2.05, 4.69) is 41.4 Å². The molecule has 0 unspecified atom stereocenters. The van der Waals surface area contributed by atoms with Crippen LogP contribution >= 0.6 is 23.5 Å². The monoisotopic (exact) mass is 444 g/mol. The second-order valence-electron chi connectivity index (χ2n) is 7.26. The Morgan fingerprint density at radius 2 is 1.48 bits per heavy atom. The maximum atomic E-state index is 13.4. The molecule has 3 aromatic carbocycles. The van der Waals surface area contributed by atoms with Crippen molar-refractivity contribution in [3.05, 3.63) is 84.2 Å². The van der Waals surface area contributed by atoms with Gasteiger partial charge in [0.15, 0.2) is 5.16 Å². The predicted octanol–water partition coefficient (Wildman–Crippen LogP) is 5.81. The number of benzene rings is 3. The summed E-state index contributed by atoms with van der Waals surface area (Å²) in [6, 6.07) is 24.3. The van der Waals surface area contributed by atoms with Gasteiger partial charge in [-0.2, -0.15) is 0 Å². The van der Waals surface area contributed by atoms with E-state index in [-0.39, 0.29) is 11.7 Å². The second-order valence-corrected chi connectivity index (χ2v) is 9.28. The van der Waals surface area contributed by atoms with Crippen LogP contribution in [0.25, 0.3) is 5.69 Å². The molecule has 0 spiro atoms. The van der Waals surface area contributed by atoms with Crippen LogP contribution in [0.15, 0.2) is 87.7 Å². The summed E-state index contributed by atoms with van der Waals surface area (Å²) in [5.41, 5.74) is 4.04. The number of anilines is 2. The molecular weight excluding hydrogens is 424 g/mol. The molecule has 0 radical (unpaired) electrons. The first kappa shape index (κ1) is 19.9. The molecule has 5 nitrogen and oxygen atoms in total. The lowest BCUT2D eigenvalue weighted by Crippen LogP contribution is -2.30. The van der Waals surface area contributed by atoms with Gasteiger partial charge >= 0.3 is 0 Å². The van der Waals surface area contributed by atoms with E-state index in [1.54, 1.807) is 11.8 Å². The van der Waals surface area contributed by atoms with E-state index < -0.39 is 0 Å². The highest BCUT2D eigenvalue weighted by Crippen LogP contribution is 2.48. The lowest BCUT2D eigenvalue weighted by molar-refractivity contribution is -0.115. The number of para-hydroxylation sites is 2. The minimum Gasteiger partial charge on any atom is -0.278 e. The molecule has 0 atom stereocenters. The summed E-state index contributed by atoms with van der Waals surface area (Å²) < 4.78 is 1.99. The first-order valence-electron chi connectivity index (χ1n) is 9.92. The van der Waals surface area contributed by atoms with Crippen LogP contribution in [0, 0.1) is 13.8 Å². The average Bonchev–Trinajstić information content (AvgIpc) is 3.16. The van der Waals surface area contributed by atoms with E-state index in [4.69, 9.17) is 0 Å². The summed E-state index contributed by atoms with van der Waals surface area (Å²) in [6.07, 6.45) is 0. The van der Waals surface area contributed by atoms with Crippen LogP contribution in [0.4, 0.5) is 11.4 Å². The summed E-state index contributed by atoms with van der Waals surface area (Å²) in [7, 11) is 0. The highest BCUT2D eigenvalue weighted by molar-refractivity contribution is 8.00. The first-order chi connectivity index (χ1) is 15.1. The smallest absolute Gasteiger partial charge is 0.242 e. The molecule has 0 saturated carbocycles. The number of nitrogens with zero attached hydrogens (tertiary/aromatic N) is 4. The van der Waals surface area contributed by atoms with Gasteiger partial charge in [0, 0.05) is 15.5 Å². The zero-order valence-corrected chi connectivity index (χ0v) is 18.8. The van der Waals surface area contributed by atoms with Crippen molar-refractivity contribution in [2.45, 2.75) is 28.8 Å². The lowest BCUT2D eigenvalue weighted by Gasteiger charge is -2.30. The molecule has 1 aliphatic heterocycles. The number of fused-ring (bicyclic) bond motifs is 2. The van der Waals surface area contributed by atoms with Crippen LogP contribution in [0.2, 0.25) is 0 Å². The minimum atomic E-state index is 0.0151. The van der Waals surface area contributed by atoms with Gasteiger partial charge in [0.1, 0.15) is 5.82 Å². The fourth-order valence-electron chi connectivity index (χ4n) is 3.59. The van der Waals surface area contributed by atoms with Gasteiger partial charge in [0.05, 0.1) is 17.1 Å².